The summed E-state index contributed by atoms with van der Waals surface area (Å²) in [5.74, 6) is -0.744. The van der Waals surface area contributed by atoms with E-state index in [1.807, 2.05) is 42.5 Å². The van der Waals surface area contributed by atoms with Crippen LogP contribution in [0.25, 0.3) is 11.1 Å². The Morgan fingerprint density at radius 1 is 0.792 bits per heavy atom. The van der Waals surface area contributed by atoms with Crippen LogP contribution in [0.3, 0.4) is 0 Å². The van der Waals surface area contributed by atoms with E-state index in [0.717, 1.165) is 36.0 Å². The minimum absolute atomic E-state index is 0.224. The summed E-state index contributed by atoms with van der Waals surface area (Å²) in [4.78, 5) is 10.4. The molecule has 2 rings (SSSR count). The summed E-state index contributed by atoms with van der Waals surface area (Å²) < 4.78 is 0. The highest BCUT2D eigenvalue weighted by molar-refractivity contribution is 6.00. The van der Waals surface area contributed by atoms with E-state index in [-0.39, 0.29) is 6.42 Å². The Morgan fingerprint density at radius 3 is 1.96 bits per heavy atom. The van der Waals surface area contributed by atoms with Crippen LogP contribution in [0.5, 0.6) is 0 Å². The predicted octanol–water partition coefficient (Wildman–Crippen LogP) is 4.96. The molecule has 0 aliphatic rings. The number of nitrogens with zero attached hydrogens (tertiary/aromatic N) is 1. The lowest BCUT2D eigenvalue weighted by atomic mass is 9.99. The largest absolute Gasteiger partial charge is 0.481 e. The summed E-state index contributed by atoms with van der Waals surface area (Å²) in [5, 5.41) is 21.3. The molecule has 0 unspecified atom stereocenters. The molecule has 0 aliphatic heterocycles. The molecule has 0 spiro atoms. The van der Waals surface area contributed by atoms with E-state index in [4.69, 9.17) is 5.11 Å². The Balaban J connectivity index is 1.86. The van der Waals surface area contributed by atoms with E-state index in [0.29, 0.717) is 18.6 Å². The minimum Gasteiger partial charge on any atom is -0.481 e. The first-order valence-electron chi connectivity index (χ1n) is 8.29. The van der Waals surface area contributed by atoms with Crippen LogP contribution >= 0.6 is 0 Å². The van der Waals surface area contributed by atoms with Gasteiger partial charge < -0.3 is 10.3 Å². The molecule has 0 aromatic heterocycles. The van der Waals surface area contributed by atoms with Crippen LogP contribution < -0.4 is 0 Å². The molecular formula is C20H23NO3. The smallest absolute Gasteiger partial charge is 0.303 e. The van der Waals surface area contributed by atoms with E-state index >= 15 is 0 Å². The molecular weight excluding hydrogens is 302 g/mol. The number of carboxylic acids is 1. The first-order chi connectivity index (χ1) is 11.7. The SMILES string of the molecule is O=C(O)CCCCCC/C(=N\O)c1ccc(-c2ccccc2)cc1. The molecule has 2 aromatic rings. The molecule has 4 heteroatoms. The maximum Gasteiger partial charge on any atom is 0.303 e. The molecule has 0 saturated carbocycles. The third-order valence-corrected chi connectivity index (χ3v) is 4.00. The number of benzene rings is 2. The highest BCUT2D eigenvalue weighted by Gasteiger charge is 2.06. The Kier molecular flexibility index (Phi) is 7.02. The summed E-state index contributed by atoms with van der Waals surface area (Å²) in [6, 6.07) is 18.1. The first-order valence-corrected chi connectivity index (χ1v) is 8.29. The van der Waals surface area contributed by atoms with Crippen molar-refractivity contribution < 1.29 is 15.1 Å². The summed E-state index contributed by atoms with van der Waals surface area (Å²) in [6.07, 6.45) is 4.33. The van der Waals surface area contributed by atoms with Crippen molar-refractivity contribution in [3.05, 3.63) is 60.2 Å². The Labute approximate surface area is 142 Å². The molecule has 0 aliphatic carbocycles. The zero-order valence-corrected chi connectivity index (χ0v) is 13.7. The van der Waals surface area contributed by atoms with Gasteiger partial charge in [0, 0.05) is 6.42 Å². The van der Waals surface area contributed by atoms with Gasteiger partial charge in [-0.2, -0.15) is 0 Å². The Bertz CT molecular complexity index is 663. The average Bonchev–Trinajstić information content (AvgIpc) is 2.62. The summed E-state index contributed by atoms with van der Waals surface area (Å²) >= 11 is 0. The van der Waals surface area contributed by atoms with Crippen molar-refractivity contribution in [2.75, 3.05) is 0 Å². The van der Waals surface area contributed by atoms with E-state index in [1.165, 1.54) is 0 Å². The van der Waals surface area contributed by atoms with Crippen molar-refractivity contribution in [2.45, 2.75) is 38.5 Å². The van der Waals surface area contributed by atoms with Gasteiger partial charge in [-0.15, -0.1) is 0 Å². The fourth-order valence-electron chi connectivity index (χ4n) is 2.66. The molecule has 24 heavy (non-hydrogen) atoms. The van der Waals surface area contributed by atoms with Crippen molar-refractivity contribution in [3.8, 4) is 11.1 Å². The number of aliphatic carboxylic acids is 1. The molecule has 0 heterocycles. The van der Waals surface area contributed by atoms with Crippen LogP contribution in [0.1, 0.15) is 44.1 Å². The fraction of sp³-hybridized carbons (Fsp3) is 0.300. The fourth-order valence-corrected chi connectivity index (χ4v) is 2.66. The van der Waals surface area contributed by atoms with E-state index in [1.54, 1.807) is 0 Å². The van der Waals surface area contributed by atoms with Gasteiger partial charge in [0.15, 0.2) is 0 Å². The van der Waals surface area contributed by atoms with Crippen LogP contribution in [0.15, 0.2) is 59.8 Å². The quantitative estimate of drug-likeness (QED) is 0.296. The maximum atomic E-state index is 10.4. The number of rotatable bonds is 9. The van der Waals surface area contributed by atoms with Crippen molar-refractivity contribution in [1.82, 2.24) is 0 Å². The lowest BCUT2D eigenvalue weighted by molar-refractivity contribution is -0.137. The van der Waals surface area contributed by atoms with Crippen LogP contribution in [0.2, 0.25) is 0 Å². The number of hydrogen-bond donors (Lipinski definition) is 2. The highest BCUT2D eigenvalue weighted by atomic mass is 16.4. The topological polar surface area (TPSA) is 69.9 Å². The molecule has 0 atom stereocenters. The van der Waals surface area contributed by atoms with Crippen LogP contribution in [0.4, 0.5) is 0 Å². The van der Waals surface area contributed by atoms with Gasteiger partial charge >= 0.3 is 5.97 Å². The average molecular weight is 325 g/mol. The molecule has 2 aromatic carbocycles. The predicted molar refractivity (Wildman–Crippen MR) is 95.5 cm³/mol. The summed E-state index contributed by atoms with van der Waals surface area (Å²) in [6.45, 7) is 0. The van der Waals surface area contributed by atoms with Crippen LogP contribution in [0, 0.1) is 0 Å². The van der Waals surface area contributed by atoms with Crippen molar-refractivity contribution >= 4 is 11.7 Å². The van der Waals surface area contributed by atoms with Gasteiger partial charge in [-0.1, -0.05) is 72.6 Å². The third-order valence-electron chi connectivity index (χ3n) is 4.00. The Hall–Kier alpha value is -2.62. The molecule has 4 nitrogen and oxygen atoms in total. The Morgan fingerprint density at radius 2 is 1.38 bits per heavy atom. The van der Waals surface area contributed by atoms with Gasteiger partial charge in [-0.3, -0.25) is 4.79 Å². The van der Waals surface area contributed by atoms with Gasteiger partial charge in [-0.05, 0) is 36.0 Å². The van der Waals surface area contributed by atoms with Crippen LogP contribution in [-0.4, -0.2) is 22.0 Å². The molecule has 2 N–H and O–H groups in total. The van der Waals surface area contributed by atoms with Gasteiger partial charge in [0.2, 0.25) is 0 Å². The van der Waals surface area contributed by atoms with Gasteiger partial charge in [0.1, 0.15) is 0 Å². The number of oxime groups is 1. The lowest BCUT2D eigenvalue weighted by Gasteiger charge is -2.07. The normalized spacial score (nSPS) is 11.4. The summed E-state index contributed by atoms with van der Waals surface area (Å²) in [5.41, 5.74) is 3.88. The zero-order chi connectivity index (χ0) is 17.2. The number of carboxylic acid groups (broad SMARTS) is 1. The van der Waals surface area contributed by atoms with Gasteiger partial charge in [-0.25, -0.2) is 0 Å². The van der Waals surface area contributed by atoms with Gasteiger partial charge in [0.25, 0.3) is 0 Å². The van der Waals surface area contributed by atoms with Crippen molar-refractivity contribution in [3.63, 3.8) is 0 Å². The first kappa shape index (κ1) is 17.7. The van der Waals surface area contributed by atoms with Crippen LogP contribution in [-0.2, 0) is 4.79 Å². The molecule has 0 amide bonds. The molecule has 0 bridgehead atoms. The monoisotopic (exact) mass is 325 g/mol. The van der Waals surface area contributed by atoms with Crippen molar-refractivity contribution in [1.29, 1.82) is 0 Å². The third kappa shape index (κ3) is 5.54. The highest BCUT2D eigenvalue weighted by Crippen LogP contribution is 2.20. The van der Waals surface area contributed by atoms with E-state index < -0.39 is 5.97 Å². The summed E-state index contributed by atoms with van der Waals surface area (Å²) in [7, 11) is 0. The zero-order valence-electron chi connectivity index (χ0n) is 13.7. The number of unbranched alkanes of at least 4 members (excludes halogenated alkanes) is 3. The maximum absolute atomic E-state index is 10.4. The molecule has 126 valence electrons. The molecule has 0 radical (unpaired) electrons. The number of carbonyl (C=O) groups is 1. The van der Waals surface area contributed by atoms with E-state index in [9.17, 15) is 10.0 Å². The second-order valence-electron chi connectivity index (χ2n) is 5.80. The second-order valence-corrected chi connectivity index (χ2v) is 5.80. The molecule has 0 saturated heterocycles. The lowest BCUT2D eigenvalue weighted by Crippen LogP contribution is -2.01. The van der Waals surface area contributed by atoms with Gasteiger partial charge in [0.05, 0.1) is 5.71 Å². The van der Waals surface area contributed by atoms with Crippen molar-refractivity contribution in [2.24, 2.45) is 5.16 Å². The standard InChI is InChI=1S/C20H23NO3/c22-20(23)11-7-2-1-6-10-19(21-24)18-14-12-17(13-15-18)16-8-4-3-5-9-16/h3-5,8-9,12-15,24H,1-2,6-7,10-11H2,(H,22,23)/b21-19+. The molecule has 0 fully saturated rings. The van der Waals surface area contributed by atoms with E-state index in [2.05, 4.69) is 17.3 Å². The number of hydrogen-bond acceptors (Lipinski definition) is 3. The second kappa shape index (κ2) is 9.50. The minimum atomic E-state index is -0.744.